The van der Waals surface area contributed by atoms with Crippen LogP contribution in [0, 0.1) is 11.2 Å². The second-order valence-electron chi connectivity index (χ2n) is 11.9. The Balaban J connectivity index is 0.00000118. The van der Waals surface area contributed by atoms with Gasteiger partial charge in [-0.1, -0.05) is 60.5 Å². The molecule has 2 unspecified atom stereocenters. The number of carbonyl (C=O) groups is 2. The highest BCUT2D eigenvalue weighted by Gasteiger charge is 2.44. The van der Waals surface area contributed by atoms with Gasteiger partial charge in [0.05, 0.1) is 24.8 Å². The fourth-order valence-electron chi connectivity index (χ4n) is 6.09. The van der Waals surface area contributed by atoms with Crippen molar-refractivity contribution in [2.24, 2.45) is 5.41 Å². The molecular formula is C33H34Cl2F2N2O4. The number of hydrogen-bond donors (Lipinski definition) is 1. The van der Waals surface area contributed by atoms with E-state index in [1.54, 1.807) is 12.1 Å². The summed E-state index contributed by atoms with van der Waals surface area (Å²) in [6.07, 6.45) is 1.22. The summed E-state index contributed by atoms with van der Waals surface area (Å²) < 4.78 is 35.1. The Kier molecular flexibility index (Phi) is 9.59. The molecule has 0 aromatic heterocycles. The lowest BCUT2D eigenvalue weighted by Crippen LogP contribution is -2.58. The van der Waals surface area contributed by atoms with Crippen LogP contribution < -0.4 is 4.74 Å². The number of nitrogens with zero attached hydrogens (tertiary/aromatic N) is 2. The van der Waals surface area contributed by atoms with Crippen LogP contribution in [-0.4, -0.2) is 66.2 Å². The zero-order valence-corrected chi connectivity index (χ0v) is 25.3. The van der Waals surface area contributed by atoms with Gasteiger partial charge in [0.15, 0.2) is 0 Å². The van der Waals surface area contributed by atoms with E-state index in [0.717, 1.165) is 42.6 Å². The van der Waals surface area contributed by atoms with E-state index in [4.69, 9.17) is 37.8 Å². The van der Waals surface area contributed by atoms with E-state index in [1.165, 1.54) is 11.0 Å². The maximum absolute atomic E-state index is 15.2. The zero-order chi connectivity index (χ0) is 30.7. The van der Waals surface area contributed by atoms with Crippen molar-refractivity contribution in [2.45, 2.75) is 44.3 Å². The lowest BCUT2D eigenvalue weighted by molar-refractivity contribution is -0.122. The third kappa shape index (κ3) is 7.31. The van der Waals surface area contributed by atoms with E-state index >= 15 is 4.39 Å². The molecule has 3 aromatic carbocycles. The molecule has 43 heavy (non-hydrogen) atoms. The maximum Gasteiger partial charge on any atom is 0.290 e. The Morgan fingerprint density at radius 1 is 1.07 bits per heavy atom. The summed E-state index contributed by atoms with van der Waals surface area (Å²) in [4.78, 5) is 25.1. The number of benzene rings is 3. The summed E-state index contributed by atoms with van der Waals surface area (Å²) in [6.45, 7) is 4.22. The fourth-order valence-corrected chi connectivity index (χ4v) is 6.63. The topological polar surface area (TPSA) is 70.1 Å². The van der Waals surface area contributed by atoms with Crippen molar-refractivity contribution in [2.75, 3.05) is 32.8 Å². The third-order valence-electron chi connectivity index (χ3n) is 8.19. The van der Waals surface area contributed by atoms with Gasteiger partial charge in [-0.25, -0.2) is 8.78 Å². The van der Waals surface area contributed by atoms with E-state index in [0.29, 0.717) is 35.4 Å². The number of carbonyl (C=O) groups excluding carboxylic acids is 1. The van der Waals surface area contributed by atoms with Gasteiger partial charge in [-0.15, -0.1) is 0 Å². The first-order valence-corrected chi connectivity index (χ1v) is 15.1. The van der Waals surface area contributed by atoms with E-state index in [1.807, 2.05) is 30.3 Å². The minimum Gasteiger partial charge on any atom is -0.493 e. The number of rotatable bonds is 8. The summed E-state index contributed by atoms with van der Waals surface area (Å²) in [7, 11) is 0. The molecule has 2 heterocycles. The molecule has 2 saturated heterocycles. The number of carboxylic acid groups (broad SMARTS) is 1. The first-order valence-electron chi connectivity index (χ1n) is 14.3. The van der Waals surface area contributed by atoms with Crippen LogP contribution in [0.2, 0.25) is 10.0 Å². The molecule has 1 saturated carbocycles. The van der Waals surface area contributed by atoms with E-state index in [2.05, 4.69) is 24.0 Å². The highest BCUT2D eigenvalue weighted by atomic mass is 35.5. The van der Waals surface area contributed by atoms with Gasteiger partial charge in [-0.05, 0) is 66.1 Å². The summed E-state index contributed by atoms with van der Waals surface area (Å²) in [5, 5.41) is 8.08. The van der Waals surface area contributed by atoms with Crippen LogP contribution in [0.3, 0.4) is 0 Å². The van der Waals surface area contributed by atoms with Crippen molar-refractivity contribution in [3.05, 3.63) is 98.8 Å². The highest BCUT2D eigenvalue weighted by molar-refractivity contribution is 6.34. The van der Waals surface area contributed by atoms with Crippen molar-refractivity contribution in [3.63, 3.8) is 0 Å². The molecule has 2 atom stereocenters. The van der Waals surface area contributed by atoms with Gasteiger partial charge in [-0.2, -0.15) is 0 Å². The first kappa shape index (κ1) is 31.2. The van der Waals surface area contributed by atoms with Crippen molar-refractivity contribution >= 4 is 35.6 Å². The van der Waals surface area contributed by atoms with Gasteiger partial charge >= 0.3 is 0 Å². The molecule has 1 aliphatic carbocycles. The number of amides is 1. The van der Waals surface area contributed by atoms with Crippen LogP contribution in [0.15, 0.2) is 60.7 Å². The highest BCUT2D eigenvalue weighted by Crippen LogP contribution is 2.47. The van der Waals surface area contributed by atoms with Crippen molar-refractivity contribution < 1.29 is 28.2 Å². The van der Waals surface area contributed by atoms with Gasteiger partial charge in [0, 0.05) is 41.2 Å². The zero-order valence-electron chi connectivity index (χ0n) is 23.8. The molecule has 10 heteroatoms. The molecule has 3 fully saturated rings. The molecule has 6 rings (SSSR count). The largest absolute Gasteiger partial charge is 0.493 e. The Bertz CT molecular complexity index is 1440. The molecule has 3 aliphatic rings. The third-order valence-corrected chi connectivity index (χ3v) is 8.63. The second-order valence-corrected chi connectivity index (χ2v) is 12.8. The quantitative estimate of drug-likeness (QED) is 0.263. The molecule has 2 aliphatic heterocycles. The molecular weight excluding hydrogens is 597 g/mol. The van der Waals surface area contributed by atoms with Crippen molar-refractivity contribution in [1.29, 1.82) is 0 Å². The predicted molar refractivity (Wildman–Crippen MR) is 162 cm³/mol. The van der Waals surface area contributed by atoms with E-state index < -0.39 is 17.9 Å². The molecule has 1 N–H and O–H groups in total. The Morgan fingerprint density at radius 2 is 1.72 bits per heavy atom. The van der Waals surface area contributed by atoms with Gasteiger partial charge in [0.2, 0.25) is 0 Å². The standard InChI is InChI=1S/C32H32Cl2F2N2O2.CH2O2/c1-32(17-38(18-32)30(21-5-3-2-4-6-21)22-11-23(33)13-24(34)12-22)19-40-29-15-28(36)27(14-26(29)20-7-8-20)31(39)37-10-9-25(35)16-37;2-1-3/h2-6,11-15,20,25,30H,7-10,16-19H2,1H3;1H,(H,2,3). The van der Waals surface area contributed by atoms with Crippen molar-refractivity contribution in [1.82, 2.24) is 9.80 Å². The number of alkyl halides is 1. The molecule has 0 bridgehead atoms. The minimum absolute atomic E-state index is 0.00949. The predicted octanol–water partition coefficient (Wildman–Crippen LogP) is 7.39. The molecule has 0 radical (unpaired) electrons. The smallest absolute Gasteiger partial charge is 0.290 e. The average molecular weight is 632 g/mol. The van der Waals surface area contributed by atoms with Gasteiger partial charge in [0.1, 0.15) is 17.7 Å². The average Bonchev–Trinajstić information content (AvgIpc) is 3.70. The van der Waals surface area contributed by atoms with Crippen LogP contribution in [0.5, 0.6) is 5.75 Å². The maximum atomic E-state index is 15.2. The van der Waals surface area contributed by atoms with Crippen LogP contribution in [0.25, 0.3) is 0 Å². The molecule has 6 nitrogen and oxygen atoms in total. The Labute approximate surface area is 260 Å². The van der Waals surface area contributed by atoms with Crippen LogP contribution in [0.4, 0.5) is 8.78 Å². The van der Waals surface area contributed by atoms with Gasteiger partial charge in [0.25, 0.3) is 12.4 Å². The number of hydrogen-bond acceptors (Lipinski definition) is 4. The summed E-state index contributed by atoms with van der Waals surface area (Å²) >= 11 is 12.7. The normalized spacial score (nSPS) is 20.0. The first-order chi connectivity index (χ1) is 20.6. The van der Waals surface area contributed by atoms with Gasteiger partial charge in [-0.3, -0.25) is 14.5 Å². The van der Waals surface area contributed by atoms with Crippen LogP contribution in [-0.2, 0) is 4.79 Å². The monoisotopic (exact) mass is 630 g/mol. The lowest BCUT2D eigenvalue weighted by Gasteiger charge is -2.51. The Hall–Kier alpha value is -3.20. The summed E-state index contributed by atoms with van der Waals surface area (Å²) in [5.74, 6) is -0.299. The number of likely N-dealkylation sites (tertiary alicyclic amines) is 2. The molecule has 3 aromatic rings. The lowest BCUT2D eigenvalue weighted by atomic mass is 9.79. The molecule has 228 valence electrons. The van der Waals surface area contributed by atoms with Gasteiger partial charge < -0.3 is 14.7 Å². The van der Waals surface area contributed by atoms with Crippen LogP contribution in [0.1, 0.15) is 65.2 Å². The van der Waals surface area contributed by atoms with E-state index in [9.17, 15) is 9.18 Å². The SMILES string of the molecule is CC1(COc2cc(F)c(C(=O)N3CCC(F)C3)cc2C2CC2)CN(C(c2ccccc2)c2cc(Cl)cc(Cl)c2)C1.O=CO. The summed E-state index contributed by atoms with van der Waals surface area (Å²) in [6, 6.07) is 18.9. The summed E-state index contributed by atoms with van der Waals surface area (Å²) in [5.41, 5.74) is 2.92. The number of ether oxygens (including phenoxy) is 1. The molecule has 0 spiro atoms. The number of halogens is 4. The van der Waals surface area contributed by atoms with Crippen molar-refractivity contribution in [3.8, 4) is 5.75 Å². The second kappa shape index (κ2) is 13.2. The van der Waals surface area contributed by atoms with Crippen LogP contribution >= 0.6 is 23.2 Å². The van der Waals surface area contributed by atoms with E-state index in [-0.39, 0.29) is 36.0 Å². The fraction of sp³-hybridized carbons (Fsp3) is 0.394. The molecule has 1 amide bonds. The Morgan fingerprint density at radius 3 is 2.30 bits per heavy atom. The minimum atomic E-state index is -1.04.